The topological polar surface area (TPSA) is 52.0 Å². The highest BCUT2D eigenvalue weighted by Gasteiger charge is 2.16. The van der Waals surface area contributed by atoms with E-state index in [9.17, 15) is 0 Å². The van der Waals surface area contributed by atoms with Crippen molar-refractivity contribution in [3.63, 3.8) is 0 Å². The van der Waals surface area contributed by atoms with E-state index in [1.807, 2.05) is 39.1 Å². The van der Waals surface area contributed by atoms with Crippen molar-refractivity contribution in [3.8, 4) is 0 Å². The van der Waals surface area contributed by atoms with Gasteiger partial charge in [0.05, 0.1) is 5.69 Å². The van der Waals surface area contributed by atoms with Crippen molar-refractivity contribution in [3.05, 3.63) is 52.7 Å². The van der Waals surface area contributed by atoms with Crippen LogP contribution >= 0.6 is 24.8 Å². The fraction of sp³-hybridized carbons (Fsp3) is 0.308. The third kappa shape index (κ3) is 3.48. The van der Waals surface area contributed by atoms with Gasteiger partial charge in [-0.1, -0.05) is 6.07 Å². The molecule has 0 aliphatic heterocycles. The van der Waals surface area contributed by atoms with Crippen molar-refractivity contribution in [2.45, 2.75) is 26.8 Å². The van der Waals surface area contributed by atoms with Gasteiger partial charge in [0, 0.05) is 6.20 Å². The molecular weight excluding hydrogens is 271 g/mol. The van der Waals surface area contributed by atoms with Crippen LogP contribution in [0.1, 0.15) is 34.4 Å². The standard InChI is InChI=1S/C13H16N2O.2ClH/c1-8-6-9(2)13(15-7-8)12(14)11-5-4-10(3)16-11;;/h4-7,12H,14H2,1-3H3;2*1H. The lowest BCUT2D eigenvalue weighted by atomic mass is 10.1. The fourth-order valence-corrected chi connectivity index (χ4v) is 1.81. The molecule has 0 saturated heterocycles. The first-order valence-corrected chi connectivity index (χ1v) is 5.33. The summed E-state index contributed by atoms with van der Waals surface area (Å²) in [5.74, 6) is 1.63. The summed E-state index contributed by atoms with van der Waals surface area (Å²) < 4.78 is 5.52. The first-order valence-electron chi connectivity index (χ1n) is 5.33. The molecule has 0 amide bonds. The molecule has 3 nitrogen and oxygen atoms in total. The molecule has 2 aromatic rings. The van der Waals surface area contributed by atoms with Gasteiger partial charge < -0.3 is 10.2 Å². The van der Waals surface area contributed by atoms with Crippen LogP contribution in [0.25, 0.3) is 0 Å². The molecule has 18 heavy (non-hydrogen) atoms. The molecule has 2 aromatic heterocycles. The molecule has 0 saturated carbocycles. The van der Waals surface area contributed by atoms with E-state index in [2.05, 4.69) is 11.1 Å². The molecule has 0 aliphatic rings. The normalized spacial score (nSPS) is 11.3. The van der Waals surface area contributed by atoms with Gasteiger partial charge in [-0.15, -0.1) is 24.8 Å². The van der Waals surface area contributed by atoms with Crippen LogP contribution in [-0.4, -0.2) is 4.98 Å². The molecule has 0 aromatic carbocycles. The molecule has 100 valence electrons. The summed E-state index contributed by atoms with van der Waals surface area (Å²) in [6, 6.07) is 5.62. The molecule has 0 fully saturated rings. The van der Waals surface area contributed by atoms with Crippen molar-refractivity contribution in [1.29, 1.82) is 0 Å². The average Bonchev–Trinajstić information content (AvgIpc) is 2.64. The third-order valence-corrected chi connectivity index (χ3v) is 2.62. The Morgan fingerprint density at radius 1 is 1.17 bits per heavy atom. The molecule has 1 unspecified atom stereocenters. The molecule has 5 heteroatoms. The smallest absolute Gasteiger partial charge is 0.127 e. The minimum atomic E-state index is -0.283. The van der Waals surface area contributed by atoms with Crippen molar-refractivity contribution in [2.75, 3.05) is 0 Å². The molecule has 2 N–H and O–H groups in total. The zero-order chi connectivity index (χ0) is 11.7. The molecule has 0 bridgehead atoms. The summed E-state index contributed by atoms with van der Waals surface area (Å²) in [6.45, 7) is 5.95. The summed E-state index contributed by atoms with van der Waals surface area (Å²) in [5, 5.41) is 0. The summed E-state index contributed by atoms with van der Waals surface area (Å²) in [6.07, 6.45) is 1.83. The highest BCUT2D eigenvalue weighted by molar-refractivity contribution is 5.85. The van der Waals surface area contributed by atoms with Crippen molar-refractivity contribution >= 4 is 24.8 Å². The Hall–Kier alpha value is -1.03. The number of aryl methyl sites for hydroxylation is 3. The number of aromatic nitrogens is 1. The maximum Gasteiger partial charge on any atom is 0.127 e. The highest BCUT2D eigenvalue weighted by Crippen LogP contribution is 2.22. The molecule has 2 heterocycles. The van der Waals surface area contributed by atoms with E-state index < -0.39 is 0 Å². The molecular formula is C13H18Cl2N2O. The van der Waals surface area contributed by atoms with Crippen molar-refractivity contribution in [1.82, 2.24) is 4.98 Å². The third-order valence-electron chi connectivity index (χ3n) is 2.62. The van der Waals surface area contributed by atoms with E-state index in [0.717, 1.165) is 28.3 Å². The summed E-state index contributed by atoms with van der Waals surface area (Å²) in [4.78, 5) is 4.38. The summed E-state index contributed by atoms with van der Waals surface area (Å²) in [5.41, 5.74) is 9.24. The molecule has 0 spiro atoms. The quantitative estimate of drug-likeness (QED) is 0.920. The molecule has 2 rings (SSSR count). The summed E-state index contributed by atoms with van der Waals surface area (Å²) in [7, 11) is 0. The largest absolute Gasteiger partial charge is 0.464 e. The van der Waals surface area contributed by atoms with Crippen LogP contribution in [0.4, 0.5) is 0 Å². The number of hydrogen-bond acceptors (Lipinski definition) is 3. The molecule has 1 atom stereocenters. The van der Waals surface area contributed by atoms with E-state index in [0.29, 0.717) is 0 Å². The second-order valence-electron chi connectivity index (χ2n) is 4.14. The van der Waals surface area contributed by atoms with Crippen LogP contribution in [0.15, 0.2) is 28.8 Å². The van der Waals surface area contributed by atoms with Crippen LogP contribution in [0.2, 0.25) is 0 Å². The Balaban J connectivity index is 0.00000144. The number of furan rings is 1. The minimum absolute atomic E-state index is 0. The number of nitrogens with zero attached hydrogens (tertiary/aromatic N) is 1. The zero-order valence-corrected chi connectivity index (χ0v) is 12.3. The van der Waals surface area contributed by atoms with E-state index in [-0.39, 0.29) is 30.9 Å². The van der Waals surface area contributed by atoms with Gasteiger partial charge in [0.1, 0.15) is 17.6 Å². The van der Waals surface area contributed by atoms with Crippen molar-refractivity contribution in [2.24, 2.45) is 5.73 Å². The average molecular weight is 289 g/mol. The maximum absolute atomic E-state index is 6.12. The predicted molar refractivity (Wildman–Crippen MR) is 77.7 cm³/mol. The van der Waals surface area contributed by atoms with Crippen LogP contribution < -0.4 is 5.73 Å². The van der Waals surface area contributed by atoms with E-state index in [1.165, 1.54) is 0 Å². The summed E-state index contributed by atoms with van der Waals surface area (Å²) >= 11 is 0. The number of halogens is 2. The van der Waals surface area contributed by atoms with Gasteiger partial charge in [-0.05, 0) is 44.0 Å². The van der Waals surface area contributed by atoms with E-state index >= 15 is 0 Å². The van der Waals surface area contributed by atoms with Gasteiger partial charge in [-0.25, -0.2) is 0 Å². The highest BCUT2D eigenvalue weighted by atomic mass is 35.5. The lowest BCUT2D eigenvalue weighted by Crippen LogP contribution is -2.14. The Kier molecular flexibility index (Phi) is 6.39. The molecule has 0 aliphatic carbocycles. The Morgan fingerprint density at radius 3 is 2.33 bits per heavy atom. The van der Waals surface area contributed by atoms with Gasteiger partial charge in [0.25, 0.3) is 0 Å². The van der Waals surface area contributed by atoms with Gasteiger partial charge in [0.15, 0.2) is 0 Å². The first-order chi connectivity index (χ1) is 7.58. The van der Waals surface area contributed by atoms with E-state index in [4.69, 9.17) is 10.2 Å². The number of rotatable bonds is 2. The van der Waals surface area contributed by atoms with Crippen LogP contribution in [0.5, 0.6) is 0 Å². The van der Waals surface area contributed by atoms with E-state index in [1.54, 1.807) is 0 Å². The lowest BCUT2D eigenvalue weighted by Gasteiger charge is -2.11. The minimum Gasteiger partial charge on any atom is -0.464 e. The van der Waals surface area contributed by atoms with Gasteiger partial charge in [-0.2, -0.15) is 0 Å². The maximum atomic E-state index is 6.12. The molecule has 0 radical (unpaired) electrons. The monoisotopic (exact) mass is 288 g/mol. The van der Waals surface area contributed by atoms with Crippen LogP contribution in [0, 0.1) is 20.8 Å². The second kappa shape index (κ2) is 6.78. The predicted octanol–water partition coefficient (Wildman–Crippen LogP) is 3.49. The fourth-order valence-electron chi connectivity index (χ4n) is 1.81. The lowest BCUT2D eigenvalue weighted by molar-refractivity contribution is 0.463. The first kappa shape index (κ1) is 17.0. The van der Waals surface area contributed by atoms with Crippen molar-refractivity contribution < 1.29 is 4.42 Å². The van der Waals surface area contributed by atoms with Gasteiger partial charge >= 0.3 is 0 Å². The number of hydrogen-bond donors (Lipinski definition) is 1. The van der Waals surface area contributed by atoms with Gasteiger partial charge in [-0.3, -0.25) is 4.98 Å². The zero-order valence-electron chi connectivity index (χ0n) is 10.6. The number of pyridine rings is 1. The second-order valence-corrected chi connectivity index (χ2v) is 4.14. The Bertz CT molecular complexity index is 511. The Morgan fingerprint density at radius 2 is 1.83 bits per heavy atom. The SMILES string of the molecule is Cc1cnc(C(N)c2ccc(C)o2)c(C)c1.Cl.Cl. The Labute approximate surface area is 120 Å². The van der Waals surface area contributed by atoms with Gasteiger partial charge in [0.2, 0.25) is 0 Å². The van der Waals surface area contributed by atoms with Crippen LogP contribution in [-0.2, 0) is 0 Å². The number of nitrogens with two attached hydrogens (primary N) is 1. The van der Waals surface area contributed by atoms with Crippen LogP contribution in [0.3, 0.4) is 0 Å².